The van der Waals surface area contributed by atoms with Crippen LogP contribution in [-0.4, -0.2) is 12.2 Å². The summed E-state index contributed by atoms with van der Waals surface area (Å²) in [5.41, 5.74) is 7.82. The van der Waals surface area contributed by atoms with Gasteiger partial charge < -0.3 is 10.5 Å². The molecule has 20 heavy (non-hydrogen) atoms. The van der Waals surface area contributed by atoms with Gasteiger partial charge in [0, 0.05) is 17.5 Å². The molecule has 1 spiro atoms. The third kappa shape index (κ3) is 2.78. The Morgan fingerprint density at radius 2 is 2.15 bits per heavy atom. The zero-order valence-corrected chi connectivity index (χ0v) is 13.7. The minimum atomic E-state index is 0.0731. The van der Waals surface area contributed by atoms with Crippen LogP contribution in [0.25, 0.3) is 0 Å². The van der Waals surface area contributed by atoms with Gasteiger partial charge in [0.1, 0.15) is 0 Å². The van der Waals surface area contributed by atoms with Crippen molar-refractivity contribution in [3.63, 3.8) is 0 Å². The molecule has 1 saturated heterocycles. The zero-order chi connectivity index (χ0) is 14.2. The van der Waals surface area contributed by atoms with Gasteiger partial charge in [-0.05, 0) is 49.5 Å². The molecule has 2 heterocycles. The predicted octanol–water partition coefficient (Wildman–Crippen LogP) is 4.84. The first-order valence-electron chi connectivity index (χ1n) is 7.74. The monoisotopic (exact) mass is 313 g/mol. The normalized spacial score (nSPS) is 27.6. The first kappa shape index (κ1) is 14.8. The predicted molar refractivity (Wildman–Crippen MR) is 85.5 cm³/mol. The summed E-state index contributed by atoms with van der Waals surface area (Å²) in [4.78, 5) is 1.17. The average molecular weight is 314 g/mol. The first-order valence-corrected chi connectivity index (χ1v) is 9.00. The highest BCUT2D eigenvalue weighted by Crippen LogP contribution is 2.45. The quantitative estimate of drug-likeness (QED) is 0.848. The van der Waals surface area contributed by atoms with Crippen molar-refractivity contribution in [1.82, 2.24) is 0 Å². The largest absolute Gasteiger partial charge is 0.375 e. The Morgan fingerprint density at radius 1 is 1.40 bits per heavy atom. The SMILES string of the molecule is Cc1csc(C(N)C2CCOC3(CCCCC3)C2)c1Cl. The molecule has 4 heteroatoms. The second-order valence-corrected chi connectivity index (χ2v) is 7.76. The minimum absolute atomic E-state index is 0.0731. The maximum atomic E-state index is 6.54. The number of ether oxygens (including phenoxy) is 1. The summed E-state index contributed by atoms with van der Waals surface area (Å²) in [6.07, 6.45) is 8.58. The third-order valence-electron chi connectivity index (χ3n) is 5.03. The summed E-state index contributed by atoms with van der Waals surface area (Å²) in [5, 5.41) is 3.00. The highest BCUT2D eigenvalue weighted by Gasteiger charge is 2.40. The Labute approximate surface area is 130 Å². The molecular weight excluding hydrogens is 290 g/mol. The van der Waals surface area contributed by atoms with Crippen molar-refractivity contribution >= 4 is 22.9 Å². The molecule has 1 aliphatic heterocycles. The van der Waals surface area contributed by atoms with E-state index in [4.69, 9.17) is 22.1 Å². The van der Waals surface area contributed by atoms with E-state index in [0.717, 1.165) is 30.0 Å². The fourth-order valence-corrected chi connectivity index (χ4v) is 5.22. The first-order chi connectivity index (χ1) is 9.61. The van der Waals surface area contributed by atoms with Gasteiger partial charge in [-0.15, -0.1) is 11.3 Å². The van der Waals surface area contributed by atoms with E-state index >= 15 is 0 Å². The van der Waals surface area contributed by atoms with E-state index in [9.17, 15) is 0 Å². The van der Waals surface area contributed by atoms with Gasteiger partial charge in [-0.2, -0.15) is 0 Å². The lowest BCUT2D eigenvalue weighted by Gasteiger charge is -2.45. The average Bonchev–Trinajstić information content (AvgIpc) is 2.79. The van der Waals surface area contributed by atoms with E-state index in [1.807, 2.05) is 0 Å². The van der Waals surface area contributed by atoms with Crippen molar-refractivity contribution in [2.45, 2.75) is 63.5 Å². The molecule has 2 fully saturated rings. The van der Waals surface area contributed by atoms with E-state index in [-0.39, 0.29) is 11.6 Å². The molecule has 1 aliphatic carbocycles. The molecule has 2 nitrogen and oxygen atoms in total. The number of nitrogens with two attached hydrogens (primary N) is 1. The minimum Gasteiger partial charge on any atom is -0.375 e. The van der Waals surface area contributed by atoms with Gasteiger partial charge in [-0.1, -0.05) is 30.9 Å². The van der Waals surface area contributed by atoms with Gasteiger partial charge in [0.2, 0.25) is 0 Å². The van der Waals surface area contributed by atoms with Crippen LogP contribution in [0.2, 0.25) is 5.02 Å². The van der Waals surface area contributed by atoms with Crippen LogP contribution < -0.4 is 5.73 Å². The number of rotatable bonds is 2. The number of aryl methyl sites for hydroxylation is 1. The summed E-state index contributed by atoms with van der Waals surface area (Å²) in [5.74, 6) is 0.511. The van der Waals surface area contributed by atoms with Gasteiger partial charge >= 0.3 is 0 Å². The van der Waals surface area contributed by atoms with Crippen molar-refractivity contribution in [2.24, 2.45) is 11.7 Å². The molecule has 3 rings (SSSR count). The van der Waals surface area contributed by atoms with Crippen LogP contribution in [0.4, 0.5) is 0 Å². The second-order valence-electron chi connectivity index (χ2n) is 6.47. The Bertz CT molecular complexity index is 462. The molecule has 2 atom stereocenters. The van der Waals surface area contributed by atoms with Crippen molar-refractivity contribution in [3.05, 3.63) is 20.8 Å². The van der Waals surface area contributed by atoms with E-state index < -0.39 is 0 Å². The van der Waals surface area contributed by atoms with Gasteiger partial charge in [-0.25, -0.2) is 0 Å². The molecule has 0 aromatic carbocycles. The molecule has 1 aromatic heterocycles. The van der Waals surface area contributed by atoms with Gasteiger partial charge in [0.05, 0.1) is 10.6 Å². The van der Waals surface area contributed by atoms with Gasteiger partial charge in [0.25, 0.3) is 0 Å². The fourth-order valence-electron chi connectivity index (χ4n) is 3.81. The molecule has 0 radical (unpaired) electrons. The van der Waals surface area contributed by atoms with Crippen molar-refractivity contribution in [2.75, 3.05) is 6.61 Å². The molecule has 2 aliphatic rings. The highest BCUT2D eigenvalue weighted by atomic mass is 35.5. The molecule has 2 N–H and O–H groups in total. The lowest BCUT2D eigenvalue weighted by molar-refractivity contribution is -0.120. The summed E-state index contributed by atoms with van der Waals surface area (Å²) in [7, 11) is 0. The van der Waals surface area contributed by atoms with Crippen LogP contribution in [0, 0.1) is 12.8 Å². The van der Waals surface area contributed by atoms with E-state index in [1.165, 1.54) is 37.0 Å². The van der Waals surface area contributed by atoms with Gasteiger partial charge in [0.15, 0.2) is 0 Å². The van der Waals surface area contributed by atoms with Crippen LogP contribution in [0.3, 0.4) is 0 Å². The fraction of sp³-hybridized carbons (Fsp3) is 0.750. The maximum Gasteiger partial charge on any atom is 0.0686 e. The summed E-state index contributed by atoms with van der Waals surface area (Å²) < 4.78 is 6.17. The summed E-state index contributed by atoms with van der Waals surface area (Å²) in [6, 6.07) is 0.0731. The lowest BCUT2D eigenvalue weighted by atomic mass is 9.74. The third-order valence-corrected chi connectivity index (χ3v) is 6.85. The van der Waals surface area contributed by atoms with Crippen LogP contribution >= 0.6 is 22.9 Å². The van der Waals surface area contributed by atoms with Gasteiger partial charge in [-0.3, -0.25) is 0 Å². The van der Waals surface area contributed by atoms with Crippen LogP contribution in [0.5, 0.6) is 0 Å². The standard InChI is InChI=1S/C16H24ClNOS/c1-11-10-20-15(13(11)17)14(18)12-5-8-19-16(9-12)6-3-2-4-7-16/h10,12,14H,2-9,18H2,1H3. The molecule has 1 saturated carbocycles. The molecule has 2 unspecified atom stereocenters. The maximum absolute atomic E-state index is 6.54. The zero-order valence-electron chi connectivity index (χ0n) is 12.2. The topological polar surface area (TPSA) is 35.2 Å². The number of hydrogen-bond donors (Lipinski definition) is 1. The molecular formula is C16H24ClNOS. The Balaban J connectivity index is 1.74. The van der Waals surface area contributed by atoms with Crippen molar-refractivity contribution in [3.8, 4) is 0 Å². The lowest BCUT2D eigenvalue weighted by Crippen LogP contribution is -2.43. The molecule has 1 aromatic rings. The summed E-state index contributed by atoms with van der Waals surface area (Å²) >= 11 is 8.11. The number of thiophene rings is 1. The number of hydrogen-bond acceptors (Lipinski definition) is 3. The molecule has 0 amide bonds. The molecule has 112 valence electrons. The van der Waals surface area contributed by atoms with Crippen LogP contribution in [0.1, 0.15) is 61.4 Å². The molecule has 0 bridgehead atoms. The Kier molecular flexibility index (Phi) is 4.42. The number of halogens is 1. The highest BCUT2D eigenvalue weighted by molar-refractivity contribution is 7.10. The smallest absolute Gasteiger partial charge is 0.0686 e. The summed E-state index contributed by atoms with van der Waals surface area (Å²) in [6.45, 7) is 2.92. The van der Waals surface area contributed by atoms with Crippen molar-refractivity contribution in [1.29, 1.82) is 0 Å². The van der Waals surface area contributed by atoms with E-state index in [0.29, 0.717) is 5.92 Å². The second kappa shape index (κ2) is 5.96. The Hall–Kier alpha value is -0.0900. The Morgan fingerprint density at radius 3 is 2.80 bits per heavy atom. The van der Waals surface area contributed by atoms with Crippen molar-refractivity contribution < 1.29 is 4.74 Å². The van der Waals surface area contributed by atoms with E-state index in [2.05, 4.69) is 12.3 Å². The van der Waals surface area contributed by atoms with Crippen LogP contribution in [0.15, 0.2) is 5.38 Å². The van der Waals surface area contributed by atoms with E-state index in [1.54, 1.807) is 11.3 Å². The van der Waals surface area contributed by atoms with Crippen LogP contribution in [-0.2, 0) is 4.74 Å².